The summed E-state index contributed by atoms with van der Waals surface area (Å²) in [4.78, 5) is 54.8. The van der Waals surface area contributed by atoms with Gasteiger partial charge in [-0.1, -0.05) is 12.8 Å². The van der Waals surface area contributed by atoms with Crippen LogP contribution in [0.3, 0.4) is 0 Å². The number of pyridine rings is 3. The minimum absolute atomic E-state index is 0.0362. The van der Waals surface area contributed by atoms with Gasteiger partial charge in [0.2, 0.25) is 0 Å². The van der Waals surface area contributed by atoms with Gasteiger partial charge in [-0.15, -0.1) is 0 Å². The maximum atomic E-state index is 6.35. The highest BCUT2D eigenvalue weighted by molar-refractivity contribution is 5.90. The standard InChI is InChI=1S/C20H26N8.2C19H24N8O/c1-27(15-8-3-2-6-13(15)21)17-12-23-18-19(24-17)25-26-20(18)28-11-5-7-14-16(28)9-4-10-22-14;1-26(14-6-9-28-11-12(14)20)16-10-22-17-18(23-16)24-25-19(17)27-8-3-4-13-15(27)5-2-7-21-13;1-26(15-11-28-9-6-12(15)20)16-10-22-17-18(23-16)24-25-19(17)27-8-3-4-13-14(27)5-2-7-21-13/h4,9-10,12-13,15H,2-3,5-8,11,21H2,1H3,(H,24,25,26);2,5,7,10,12,14H,3-4,6,8-9,11,20H2,1H3,(H,23,24,25);2,5,7,10,12,15H,3-4,6,8-9,11,20H2,1H3,(H,23,24,25)/t13-,15+;12-,14+;12-,15+/m000/s1. The van der Waals surface area contributed by atoms with Crippen molar-refractivity contribution in [2.24, 2.45) is 17.2 Å². The van der Waals surface area contributed by atoms with E-state index in [0.717, 1.165) is 176 Å². The van der Waals surface area contributed by atoms with Crippen LogP contribution in [0.2, 0.25) is 0 Å². The third kappa shape index (κ3) is 10.8. The second kappa shape index (κ2) is 24.1. The number of likely N-dealkylation sites (N-methyl/N-ethyl adjacent to an activating group) is 3. The fourth-order valence-electron chi connectivity index (χ4n) is 12.8. The van der Waals surface area contributed by atoms with Crippen LogP contribution < -0.4 is 46.6 Å². The van der Waals surface area contributed by atoms with Gasteiger partial charge >= 0.3 is 0 Å². The molecule has 14 heterocycles. The molecule has 6 atom stereocenters. The first-order chi connectivity index (χ1) is 41.2. The molecular weight excluding hydrogens is 1060 g/mol. The van der Waals surface area contributed by atoms with Crippen LogP contribution in [0.15, 0.2) is 73.6 Å². The molecule has 0 bridgehead atoms. The molecule has 438 valence electrons. The van der Waals surface area contributed by atoms with E-state index in [0.29, 0.717) is 42.8 Å². The number of aryl methyl sites for hydroxylation is 3. The average molecular weight is 1140 g/mol. The van der Waals surface area contributed by atoms with Gasteiger partial charge in [0.25, 0.3) is 0 Å². The third-order valence-corrected chi connectivity index (χ3v) is 17.4. The van der Waals surface area contributed by atoms with Crippen LogP contribution in [-0.4, -0.2) is 179 Å². The van der Waals surface area contributed by atoms with Crippen LogP contribution in [0.1, 0.15) is 74.9 Å². The van der Waals surface area contributed by atoms with Gasteiger partial charge in [0, 0.05) is 103 Å². The van der Waals surface area contributed by atoms with E-state index in [2.05, 4.69) is 105 Å². The lowest BCUT2D eigenvalue weighted by atomic mass is 9.90. The van der Waals surface area contributed by atoms with Crippen molar-refractivity contribution in [3.05, 3.63) is 90.7 Å². The van der Waals surface area contributed by atoms with Crippen molar-refractivity contribution >= 4 is 85.5 Å². The number of nitrogens with one attached hydrogen (secondary N) is 3. The summed E-state index contributed by atoms with van der Waals surface area (Å²) >= 11 is 0. The molecule has 0 amide bonds. The Morgan fingerprint density at radius 3 is 1.27 bits per heavy atom. The molecule has 26 heteroatoms. The number of aromatic nitrogens is 15. The van der Waals surface area contributed by atoms with Crippen molar-refractivity contribution in [3.8, 4) is 0 Å². The van der Waals surface area contributed by atoms with Crippen LogP contribution in [-0.2, 0) is 28.7 Å². The highest BCUT2D eigenvalue weighted by Gasteiger charge is 2.33. The molecule has 0 unspecified atom stereocenters. The number of ether oxygens (including phenoxy) is 2. The maximum Gasteiger partial charge on any atom is 0.183 e. The molecule has 0 aromatic carbocycles. The second-order valence-corrected chi connectivity index (χ2v) is 22.6. The number of fused-ring (bicyclic) bond motifs is 6. The zero-order chi connectivity index (χ0) is 57.3. The first-order valence-corrected chi connectivity index (χ1v) is 29.5. The second-order valence-electron chi connectivity index (χ2n) is 22.6. The molecule has 15 rings (SSSR count). The maximum absolute atomic E-state index is 6.35. The van der Waals surface area contributed by atoms with Crippen molar-refractivity contribution in [3.63, 3.8) is 0 Å². The van der Waals surface area contributed by atoms with Crippen molar-refractivity contribution < 1.29 is 9.47 Å². The summed E-state index contributed by atoms with van der Waals surface area (Å²) in [6, 6.07) is 12.9. The number of nitrogens with two attached hydrogens (primary N) is 3. The molecule has 6 aliphatic rings. The van der Waals surface area contributed by atoms with Gasteiger partial charge in [0.05, 0.1) is 72.0 Å². The molecule has 0 spiro atoms. The number of hydrogen-bond donors (Lipinski definition) is 6. The zero-order valence-electron chi connectivity index (χ0n) is 47.9. The van der Waals surface area contributed by atoms with Gasteiger partial charge in [0.1, 0.15) is 17.5 Å². The predicted molar refractivity (Wildman–Crippen MR) is 324 cm³/mol. The lowest BCUT2D eigenvalue weighted by molar-refractivity contribution is 0.0693. The molecule has 1 aliphatic carbocycles. The summed E-state index contributed by atoms with van der Waals surface area (Å²) in [5, 5.41) is 22.8. The Morgan fingerprint density at radius 1 is 0.452 bits per heavy atom. The normalized spacial score (nSPS) is 22.3. The third-order valence-electron chi connectivity index (χ3n) is 17.4. The van der Waals surface area contributed by atoms with E-state index < -0.39 is 0 Å². The van der Waals surface area contributed by atoms with E-state index in [-0.39, 0.29) is 30.2 Å². The van der Waals surface area contributed by atoms with E-state index in [1.807, 2.05) is 57.1 Å². The smallest absolute Gasteiger partial charge is 0.183 e. The molecule has 26 nitrogen and oxygen atoms in total. The highest BCUT2D eigenvalue weighted by Crippen LogP contribution is 2.38. The highest BCUT2D eigenvalue weighted by atomic mass is 16.5. The zero-order valence-corrected chi connectivity index (χ0v) is 47.9. The Kier molecular flexibility index (Phi) is 15.8. The quantitative estimate of drug-likeness (QED) is 0.107. The van der Waals surface area contributed by atoms with E-state index in [4.69, 9.17) is 51.6 Å². The molecule has 84 heavy (non-hydrogen) atoms. The number of rotatable bonds is 9. The molecule has 2 saturated heterocycles. The predicted octanol–water partition coefficient (Wildman–Crippen LogP) is 5.31. The summed E-state index contributed by atoms with van der Waals surface area (Å²) in [7, 11) is 6.06. The van der Waals surface area contributed by atoms with Crippen molar-refractivity contribution in [1.82, 2.24) is 75.4 Å². The van der Waals surface area contributed by atoms with Gasteiger partial charge < -0.3 is 56.1 Å². The molecule has 1 saturated carbocycles. The number of aromatic amines is 3. The van der Waals surface area contributed by atoms with E-state index in [9.17, 15) is 0 Å². The summed E-state index contributed by atoms with van der Waals surface area (Å²) < 4.78 is 11.0. The fourth-order valence-corrected chi connectivity index (χ4v) is 12.8. The fraction of sp³-hybridized carbons (Fsp3) is 0.483. The molecule has 0 radical (unpaired) electrons. The molecule has 3 fully saturated rings. The Hall–Kier alpha value is -8.30. The van der Waals surface area contributed by atoms with Crippen LogP contribution in [0.4, 0.5) is 52.0 Å². The Bertz CT molecular complexity index is 3340. The largest absolute Gasteiger partial charge is 0.380 e. The Labute approximate surface area is 486 Å². The van der Waals surface area contributed by atoms with E-state index >= 15 is 0 Å². The van der Waals surface area contributed by atoms with Crippen LogP contribution in [0.5, 0.6) is 0 Å². The Balaban J connectivity index is 0.000000118. The van der Waals surface area contributed by atoms with Crippen molar-refractivity contribution in [2.45, 2.75) is 113 Å². The average Bonchev–Trinajstić information content (AvgIpc) is 3.92. The summed E-state index contributed by atoms with van der Waals surface area (Å²) in [5.41, 5.74) is 29.8. The summed E-state index contributed by atoms with van der Waals surface area (Å²) in [6.07, 6.45) is 23.4. The van der Waals surface area contributed by atoms with Crippen LogP contribution in [0.25, 0.3) is 33.5 Å². The van der Waals surface area contributed by atoms with E-state index in [1.165, 1.54) is 12.8 Å². The van der Waals surface area contributed by atoms with Crippen molar-refractivity contribution in [1.29, 1.82) is 0 Å². The lowest BCUT2D eigenvalue weighted by Crippen LogP contribution is -2.52. The minimum atomic E-state index is -0.0362. The van der Waals surface area contributed by atoms with E-state index in [1.54, 1.807) is 12.4 Å². The molecular formula is C58H74N24O2. The molecule has 9 aromatic heterocycles. The van der Waals surface area contributed by atoms with Gasteiger partial charge in [-0.2, -0.15) is 15.3 Å². The Morgan fingerprint density at radius 2 is 0.845 bits per heavy atom. The number of H-pyrrole nitrogens is 3. The van der Waals surface area contributed by atoms with Gasteiger partial charge in [-0.05, 0) is 101 Å². The van der Waals surface area contributed by atoms with Gasteiger partial charge in [0.15, 0.2) is 50.9 Å². The number of hydrogen-bond acceptors (Lipinski definition) is 23. The molecule has 5 aliphatic heterocycles. The first kappa shape index (κ1) is 54.9. The summed E-state index contributed by atoms with van der Waals surface area (Å²) in [5.74, 6) is 4.79. The van der Waals surface area contributed by atoms with Gasteiger partial charge in [-0.25, -0.2) is 29.9 Å². The number of nitrogens with zero attached hydrogens (tertiary/aromatic N) is 18. The monoisotopic (exact) mass is 1140 g/mol. The topological polar surface area (TPSA) is 318 Å². The molecule has 9 aromatic rings. The SMILES string of the molecule is CN(c1cnc2c(N3CCCc4ncccc43)n[nH]c2n1)[C@@H]1CCCC[C@@H]1N.CN(c1cnc2c(N3CCCc4ncccc43)n[nH]c2n1)[C@@H]1CCOC[C@@H]1N.CN(c1cnc2c(N3CCCc4ncccc43)n[nH]c2n1)[C@@H]1COCC[C@@H]1N. The lowest BCUT2D eigenvalue weighted by Gasteiger charge is -2.36. The molecule has 9 N–H and O–H groups in total. The minimum Gasteiger partial charge on any atom is -0.380 e. The van der Waals surface area contributed by atoms with Crippen LogP contribution >= 0.6 is 0 Å². The van der Waals surface area contributed by atoms with Gasteiger partial charge in [-0.3, -0.25) is 30.2 Å². The summed E-state index contributed by atoms with van der Waals surface area (Å²) in [6.45, 7) is 5.28. The van der Waals surface area contributed by atoms with Crippen LogP contribution in [0, 0.1) is 0 Å². The first-order valence-electron chi connectivity index (χ1n) is 29.5. The van der Waals surface area contributed by atoms with Crippen molar-refractivity contribution in [2.75, 3.05) is 96.6 Å². The number of anilines is 9.